The predicted octanol–water partition coefficient (Wildman–Crippen LogP) is 2.15. The van der Waals surface area contributed by atoms with Gasteiger partial charge in [0.2, 0.25) is 0 Å². The van der Waals surface area contributed by atoms with Gasteiger partial charge in [-0.2, -0.15) is 0 Å². The van der Waals surface area contributed by atoms with Gasteiger partial charge in [-0.15, -0.1) is 0 Å². The highest BCUT2D eigenvalue weighted by Gasteiger charge is 2.10. The van der Waals surface area contributed by atoms with Gasteiger partial charge in [0.15, 0.2) is 0 Å². The maximum absolute atomic E-state index is 10.7. The summed E-state index contributed by atoms with van der Waals surface area (Å²) in [6.45, 7) is 0. The minimum Gasteiger partial charge on any atom is -0.481 e. The van der Waals surface area contributed by atoms with Gasteiger partial charge in [-0.25, -0.2) is 4.98 Å². The Kier molecular flexibility index (Phi) is 2.92. The summed E-state index contributed by atoms with van der Waals surface area (Å²) >= 11 is 6.03. The molecule has 0 fully saturated rings. The average Bonchev–Trinajstić information content (AvgIpc) is 2.66. The second kappa shape index (κ2) is 4.37. The lowest BCUT2D eigenvalue weighted by atomic mass is 10.3. The minimum atomic E-state index is -0.895. The summed E-state index contributed by atoms with van der Waals surface area (Å²) in [6.07, 6.45) is 3.00. The Hall–Kier alpha value is -1.81. The number of carboxylic acid groups (broad SMARTS) is 1. The number of nitrogens with zero attached hydrogens (tertiary/aromatic N) is 2. The molecule has 0 saturated heterocycles. The summed E-state index contributed by atoms with van der Waals surface area (Å²) in [5.41, 5.74) is 1.33. The number of halogens is 1. The molecular formula is C11H9ClN2O2. The van der Waals surface area contributed by atoms with Gasteiger partial charge in [-0.1, -0.05) is 23.7 Å². The van der Waals surface area contributed by atoms with E-state index in [1.54, 1.807) is 17.0 Å². The smallest absolute Gasteiger partial charge is 0.309 e. The van der Waals surface area contributed by atoms with Crippen molar-refractivity contribution in [2.45, 2.75) is 6.42 Å². The summed E-state index contributed by atoms with van der Waals surface area (Å²) < 4.78 is 1.68. The van der Waals surface area contributed by atoms with E-state index in [0.717, 1.165) is 5.69 Å². The Morgan fingerprint density at radius 2 is 2.19 bits per heavy atom. The molecule has 1 aromatic heterocycles. The van der Waals surface area contributed by atoms with Gasteiger partial charge in [-0.05, 0) is 12.1 Å². The van der Waals surface area contributed by atoms with Crippen molar-refractivity contribution >= 4 is 17.6 Å². The molecule has 5 heteroatoms. The lowest BCUT2D eigenvalue weighted by Gasteiger charge is -2.08. The molecule has 0 bridgehead atoms. The largest absolute Gasteiger partial charge is 0.481 e. The summed E-state index contributed by atoms with van der Waals surface area (Å²) in [6, 6.07) is 7.22. The van der Waals surface area contributed by atoms with Crippen LogP contribution in [0.1, 0.15) is 5.69 Å². The highest BCUT2D eigenvalue weighted by molar-refractivity contribution is 6.32. The van der Waals surface area contributed by atoms with Crippen LogP contribution in [0.25, 0.3) is 5.69 Å². The van der Waals surface area contributed by atoms with E-state index in [4.69, 9.17) is 16.7 Å². The molecule has 0 amide bonds. The predicted molar refractivity (Wildman–Crippen MR) is 59.9 cm³/mol. The van der Waals surface area contributed by atoms with Crippen LogP contribution in [0.15, 0.2) is 36.8 Å². The summed E-state index contributed by atoms with van der Waals surface area (Å²) in [4.78, 5) is 14.6. The molecule has 0 atom stereocenters. The van der Waals surface area contributed by atoms with Crippen LogP contribution >= 0.6 is 11.6 Å². The van der Waals surface area contributed by atoms with E-state index in [2.05, 4.69) is 4.98 Å². The van der Waals surface area contributed by atoms with Gasteiger partial charge in [0.1, 0.15) is 0 Å². The van der Waals surface area contributed by atoms with Gasteiger partial charge in [-0.3, -0.25) is 4.79 Å². The number of benzene rings is 1. The van der Waals surface area contributed by atoms with Crippen LogP contribution in [0, 0.1) is 0 Å². The zero-order valence-corrected chi connectivity index (χ0v) is 9.05. The fourth-order valence-corrected chi connectivity index (χ4v) is 1.70. The highest BCUT2D eigenvalue weighted by atomic mass is 35.5. The Balaban J connectivity index is 2.45. The first kappa shape index (κ1) is 10.7. The Labute approximate surface area is 97.1 Å². The Morgan fingerprint density at radius 3 is 2.88 bits per heavy atom. The SMILES string of the molecule is O=C(O)Cc1cncn1-c1ccccc1Cl. The number of aromatic nitrogens is 2. The van der Waals surface area contributed by atoms with Gasteiger partial charge in [0.25, 0.3) is 0 Å². The second-order valence-corrected chi connectivity index (χ2v) is 3.68. The first-order valence-electron chi connectivity index (χ1n) is 4.66. The fourth-order valence-electron chi connectivity index (χ4n) is 1.47. The van der Waals surface area contributed by atoms with Crippen LogP contribution in [0.4, 0.5) is 0 Å². The number of aliphatic carboxylic acids is 1. The number of hydrogen-bond acceptors (Lipinski definition) is 2. The van der Waals surface area contributed by atoms with E-state index in [1.807, 2.05) is 18.2 Å². The lowest BCUT2D eigenvalue weighted by molar-refractivity contribution is -0.136. The van der Waals surface area contributed by atoms with E-state index in [9.17, 15) is 4.79 Å². The van der Waals surface area contributed by atoms with Crippen LogP contribution < -0.4 is 0 Å². The number of rotatable bonds is 3. The zero-order valence-electron chi connectivity index (χ0n) is 8.30. The van der Waals surface area contributed by atoms with Crippen LogP contribution in [-0.4, -0.2) is 20.6 Å². The zero-order chi connectivity index (χ0) is 11.5. The quantitative estimate of drug-likeness (QED) is 0.889. The highest BCUT2D eigenvalue weighted by Crippen LogP contribution is 2.21. The molecule has 1 aromatic carbocycles. The molecule has 0 aliphatic carbocycles. The van der Waals surface area contributed by atoms with Crippen molar-refractivity contribution in [1.29, 1.82) is 0 Å². The summed E-state index contributed by atoms with van der Waals surface area (Å²) in [7, 11) is 0. The third-order valence-electron chi connectivity index (χ3n) is 2.16. The molecule has 16 heavy (non-hydrogen) atoms. The van der Waals surface area contributed by atoms with Crippen LogP contribution in [0.2, 0.25) is 5.02 Å². The second-order valence-electron chi connectivity index (χ2n) is 3.28. The van der Waals surface area contributed by atoms with Crippen LogP contribution in [0.3, 0.4) is 0 Å². The molecule has 82 valence electrons. The van der Waals surface area contributed by atoms with E-state index < -0.39 is 5.97 Å². The normalized spacial score (nSPS) is 10.3. The molecule has 0 aliphatic rings. The first-order chi connectivity index (χ1) is 7.68. The molecule has 2 aromatic rings. The van der Waals surface area contributed by atoms with Crippen molar-refractivity contribution in [3.05, 3.63) is 47.5 Å². The number of para-hydroxylation sites is 1. The monoisotopic (exact) mass is 236 g/mol. The van der Waals surface area contributed by atoms with Crippen molar-refractivity contribution in [2.75, 3.05) is 0 Å². The van der Waals surface area contributed by atoms with Gasteiger partial charge < -0.3 is 9.67 Å². The van der Waals surface area contributed by atoms with Crippen LogP contribution in [0.5, 0.6) is 0 Å². The fraction of sp³-hybridized carbons (Fsp3) is 0.0909. The van der Waals surface area contributed by atoms with E-state index in [-0.39, 0.29) is 6.42 Å². The third kappa shape index (κ3) is 2.06. The number of imidazole rings is 1. The third-order valence-corrected chi connectivity index (χ3v) is 2.48. The van der Waals surface area contributed by atoms with Gasteiger partial charge >= 0.3 is 5.97 Å². The molecule has 0 radical (unpaired) electrons. The lowest BCUT2D eigenvalue weighted by Crippen LogP contribution is -2.06. The Morgan fingerprint density at radius 1 is 1.44 bits per heavy atom. The van der Waals surface area contributed by atoms with E-state index >= 15 is 0 Å². The maximum Gasteiger partial charge on any atom is 0.309 e. The standard InChI is InChI=1S/C11H9ClN2O2/c12-9-3-1-2-4-10(9)14-7-13-6-8(14)5-11(15)16/h1-4,6-7H,5H2,(H,15,16). The first-order valence-corrected chi connectivity index (χ1v) is 5.04. The van der Waals surface area contributed by atoms with Crippen molar-refractivity contribution in [3.8, 4) is 5.69 Å². The molecule has 0 spiro atoms. The molecule has 0 aliphatic heterocycles. The number of carboxylic acids is 1. The summed E-state index contributed by atoms with van der Waals surface area (Å²) in [5.74, 6) is -0.895. The van der Waals surface area contributed by atoms with E-state index in [0.29, 0.717) is 10.7 Å². The molecular weight excluding hydrogens is 228 g/mol. The molecule has 0 unspecified atom stereocenters. The van der Waals surface area contributed by atoms with Crippen molar-refractivity contribution < 1.29 is 9.90 Å². The van der Waals surface area contributed by atoms with Crippen molar-refractivity contribution in [1.82, 2.24) is 9.55 Å². The van der Waals surface area contributed by atoms with Gasteiger partial charge in [0.05, 0.1) is 29.2 Å². The topological polar surface area (TPSA) is 55.1 Å². The van der Waals surface area contributed by atoms with Crippen LogP contribution in [-0.2, 0) is 11.2 Å². The molecule has 4 nitrogen and oxygen atoms in total. The summed E-state index contributed by atoms with van der Waals surface area (Å²) in [5, 5.41) is 9.31. The van der Waals surface area contributed by atoms with Gasteiger partial charge in [0, 0.05) is 6.20 Å². The van der Waals surface area contributed by atoms with Crippen molar-refractivity contribution in [2.24, 2.45) is 0 Å². The minimum absolute atomic E-state index is 0.0782. The molecule has 2 rings (SSSR count). The van der Waals surface area contributed by atoms with Crippen molar-refractivity contribution in [3.63, 3.8) is 0 Å². The Bertz CT molecular complexity index is 522. The molecule has 0 saturated carbocycles. The molecule has 1 N–H and O–H groups in total. The maximum atomic E-state index is 10.7. The average molecular weight is 237 g/mol. The number of carbonyl (C=O) groups is 1. The molecule has 1 heterocycles. The van der Waals surface area contributed by atoms with E-state index in [1.165, 1.54) is 6.20 Å². The number of hydrogen-bond donors (Lipinski definition) is 1.